The number of aromatic nitrogens is 5. The zero-order valence-electron chi connectivity index (χ0n) is 11.5. The molecular weight excluding hydrogens is 244 g/mol. The van der Waals surface area contributed by atoms with E-state index in [-0.39, 0.29) is 0 Å². The Kier molecular flexibility index (Phi) is 3.79. The lowest BCUT2D eigenvalue weighted by atomic mass is 10.4. The molecule has 8 heteroatoms. The van der Waals surface area contributed by atoms with E-state index in [4.69, 9.17) is 0 Å². The lowest BCUT2D eigenvalue weighted by Crippen LogP contribution is -2.16. The molecule has 0 aliphatic rings. The Morgan fingerprint density at radius 1 is 1.21 bits per heavy atom. The summed E-state index contributed by atoms with van der Waals surface area (Å²) in [6, 6.07) is 0. The number of aryl methyl sites for hydroxylation is 1. The summed E-state index contributed by atoms with van der Waals surface area (Å²) in [5.41, 5.74) is 1.07. The molecule has 0 aliphatic heterocycles. The third kappa shape index (κ3) is 3.30. The average Bonchev–Trinajstić information content (AvgIpc) is 2.81. The van der Waals surface area contributed by atoms with E-state index in [0.29, 0.717) is 24.4 Å². The van der Waals surface area contributed by atoms with Gasteiger partial charge >= 0.3 is 0 Å². The van der Waals surface area contributed by atoms with E-state index in [1.54, 1.807) is 17.9 Å². The van der Waals surface area contributed by atoms with Gasteiger partial charge in [-0.05, 0) is 0 Å². The Morgan fingerprint density at radius 2 is 1.95 bits per heavy atom. The zero-order chi connectivity index (χ0) is 13.8. The van der Waals surface area contributed by atoms with Gasteiger partial charge < -0.3 is 15.5 Å². The average molecular weight is 262 g/mol. The van der Waals surface area contributed by atoms with Gasteiger partial charge in [0.25, 0.3) is 0 Å². The molecule has 2 aromatic rings. The summed E-state index contributed by atoms with van der Waals surface area (Å²) in [5.74, 6) is 1.67. The lowest BCUT2D eigenvalue weighted by molar-refractivity contribution is 0.767. The summed E-state index contributed by atoms with van der Waals surface area (Å²) >= 11 is 0. The molecule has 0 saturated heterocycles. The molecule has 2 rings (SSSR count). The Hall–Kier alpha value is -2.38. The maximum absolute atomic E-state index is 4.33. The van der Waals surface area contributed by atoms with Crippen LogP contribution in [0, 0.1) is 0 Å². The van der Waals surface area contributed by atoms with Crippen LogP contribution in [0.25, 0.3) is 0 Å². The molecule has 0 aliphatic carbocycles. The number of hydrogen-bond acceptors (Lipinski definition) is 7. The van der Waals surface area contributed by atoms with Crippen LogP contribution in [0.1, 0.15) is 5.56 Å². The topological polar surface area (TPSA) is 83.8 Å². The van der Waals surface area contributed by atoms with Crippen molar-refractivity contribution < 1.29 is 0 Å². The Morgan fingerprint density at radius 3 is 2.53 bits per heavy atom. The van der Waals surface area contributed by atoms with Crippen molar-refractivity contribution in [2.45, 2.75) is 6.54 Å². The second kappa shape index (κ2) is 5.51. The first-order valence-electron chi connectivity index (χ1n) is 5.91. The molecule has 2 aromatic heterocycles. The molecule has 102 valence electrons. The molecule has 2 heterocycles. The summed E-state index contributed by atoms with van der Waals surface area (Å²) in [6.45, 7) is 0.619. The van der Waals surface area contributed by atoms with Crippen LogP contribution in [-0.4, -0.2) is 45.9 Å². The minimum atomic E-state index is 0.534. The maximum Gasteiger partial charge on any atom is 0.231 e. The van der Waals surface area contributed by atoms with Crippen molar-refractivity contribution in [1.82, 2.24) is 24.7 Å². The van der Waals surface area contributed by atoms with E-state index >= 15 is 0 Å². The second-order valence-corrected chi connectivity index (χ2v) is 4.30. The Bertz CT molecular complexity index is 547. The maximum atomic E-state index is 4.33. The van der Waals surface area contributed by atoms with Crippen molar-refractivity contribution in [3.8, 4) is 0 Å². The first-order valence-corrected chi connectivity index (χ1v) is 5.91. The first-order chi connectivity index (χ1) is 9.08. The standard InChI is InChI=1S/C11H18N8/c1-12-9-15-10(17-11(16-9)18(2)3)13-5-8-6-14-19(4)7-8/h6-7H,5H2,1-4H3,(H2,12,13,15,16,17). The first kappa shape index (κ1) is 13.1. The van der Waals surface area contributed by atoms with Gasteiger partial charge in [-0.2, -0.15) is 20.1 Å². The predicted octanol–water partition coefficient (Wildman–Crippen LogP) is 0.325. The van der Waals surface area contributed by atoms with E-state index in [2.05, 4.69) is 30.7 Å². The highest BCUT2D eigenvalue weighted by atomic mass is 15.3. The molecule has 0 atom stereocenters. The summed E-state index contributed by atoms with van der Waals surface area (Å²) < 4.78 is 1.76. The van der Waals surface area contributed by atoms with Crippen molar-refractivity contribution in [3.63, 3.8) is 0 Å². The molecule has 8 nitrogen and oxygen atoms in total. The normalized spacial score (nSPS) is 10.3. The fourth-order valence-electron chi connectivity index (χ4n) is 1.50. The molecule has 0 spiro atoms. The highest BCUT2D eigenvalue weighted by molar-refractivity contribution is 5.42. The van der Waals surface area contributed by atoms with Crippen LogP contribution in [0.5, 0.6) is 0 Å². The molecule has 0 saturated carbocycles. The van der Waals surface area contributed by atoms with Crippen molar-refractivity contribution in [2.24, 2.45) is 7.05 Å². The smallest absolute Gasteiger partial charge is 0.231 e. The quantitative estimate of drug-likeness (QED) is 0.803. The van der Waals surface area contributed by atoms with Gasteiger partial charge in [0.15, 0.2) is 0 Å². The molecule has 0 unspecified atom stereocenters. The molecule has 2 N–H and O–H groups in total. The van der Waals surface area contributed by atoms with Crippen LogP contribution in [-0.2, 0) is 13.6 Å². The number of hydrogen-bond donors (Lipinski definition) is 2. The molecule has 19 heavy (non-hydrogen) atoms. The van der Waals surface area contributed by atoms with E-state index < -0.39 is 0 Å². The number of nitrogens with zero attached hydrogens (tertiary/aromatic N) is 6. The summed E-state index contributed by atoms with van der Waals surface area (Å²) in [5, 5.41) is 10.2. The summed E-state index contributed by atoms with van der Waals surface area (Å²) in [6.07, 6.45) is 3.75. The van der Waals surface area contributed by atoms with Gasteiger partial charge in [0.05, 0.1) is 6.20 Å². The van der Waals surface area contributed by atoms with Gasteiger partial charge in [-0.25, -0.2) is 0 Å². The molecule has 0 aromatic carbocycles. The number of rotatable bonds is 5. The van der Waals surface area contributed by atoms with Crippen LogP contribution < -0.4 is 15.5 Å². The van der Waals surface area contributed by atoms with Crippen LogP contribution >= 0.6 is 0 Å². The van der Waals surface area contributed by atoms with Crippen LogP contribution in [0.2, 0.25) is 0 Å². The molecular formula is C11H18N8. The van der Waals surface area contributed by atoms with Crippen LogP contribution in [0.4, 0.5) is 17.8 Å². The predicted molar refractivity (Wildman–Crippen MR) is 74.2 cm³/mol. The number of nitrogens with one attached hydrogen (secondary N) is 2. The molecule has 0 fully saturated rings. The fourth-order valence-corrected chi connectivity index (χ4v) is 1.50. The van der Waals surface area contributed by atoms with Crippen LogP contribution in [0.15, 0.2) is 12.4 Å². The summed E-state index contributed by atoms with van der Waals surface area (Å²) in [7, 11) is 7.44. The van der Waals surface area contributed by atoms with E-state index in [1.807, 2.05) is 32.2 Å². The van der Waals surface area contributed by atoms with Gasteiger partial charge in [0.2, 0.25) is 17.8 Å². The molecule has 0 bridgehead atoms. The van der Waals surface area contributed by atoms with Crippen LogP contribution in [0.3, 0.4) is 0 Å². The highest BCUT2D eigenvalue weighted by Gasteiger charge is 2.07. The Balaban J connectivity index is 2.12. The molecule has 0 amide bonds. The lowest BCUT2D eigenvalue weighted by Gasteiger charge is -2.12. The number of anilines is 3. The van der Waals surface area contributed by atoms with Crippen molar-refractivity contribution in [3.05, 3.63) is 18.0 Å². The summed E-state index contributed by atoms with van der Waals surface area (Å²) in [4.78, 5) is 14.7. The highest BCUT2D eigenvalue weighted by Crippen LogP contribution is 2.11. The van der Waals surface area contributed by atoms with Crippen molar-refractivity contribution >= 4 is 17.8 Å². The van der Waals surface area contributed by atoms with E-state index in [1.165, 1.54) is 0 Å². The van der Waals surface area contributed by atoms with Crippen molar-refractivity contribution in [1.29, 1.82) is 0 Å². The minimum Gasteiger partial charge on any atom is -0.357 e. The van der Waals surface area contributed by atoms with E-state index in [9.17, 15) is 0 Å². The minimum absolute atomic E-state index is 0.534. The largest absolute Gasteiger partial charge is 0.357 e. The second-order valence-electron chi connectivity index (χ2n) is 4.30. The van der Waals surface area contributed by atoms with Crippen molar-refractivity contribution in [2.75, 3.05) is 36.7 Å². The SMILES string of the molecule is CNc1nc(NCc2cnn(C)c2)nc(N(C)C)n1. The monoisotopic (exact) mass is 262 g/mol. The fraction of sp³-hybridized carbons (Fsp3) is 0.455. The Labute approximate surface area is 111 Å². The third-order valence-corrected chi connectivity index (χ3v) is 2.46. The van der Waals surface area contributed by atoms with E-state index in [0.717, 1.165) is 5.56 Å². The van der Waals surface area contributed by atoms with Gasteiger partial charge in [-0.1, -0.05) is 0 Å². The zero-order valence-corrected chi connectivity index (χ0v) is 11.5. The van der Waals surface area contributed by atoms with Gasteiger partial charge in [-0.3, -0.25) is 4.68 Å². The van der Waals surface area contributed by atoms with Gasteiger partial charge in [0, 0.05) is 46.5 Å². The van der Waals surface area contributed by atoms with Gasteiger partial charge in [-0.15, -0.1) is 0 Å². The molecule has 0 radical (unpaired) electrons. The third-order valence-electron chi connectivity index (χ3n) is 2.46. The van der Waals surface area contributed by atoms with Gasteiger partial charge in [0.1, 0.15) is 0 Å².